The van der Waals surface area contributed by atoms with Crippen molar-refractivity contribution in [1.29, 1.82) is 0 Å². The summed E-state index contributed by atoms with van der Waals surface area (Å²) in [4.78, 5) is 13.9. The summed E-state index contributed by atoms with van der Waals surface area (Å²) in [7, 11) is 0. The number of ether oxygens (including phenoxy) is 1. The number of alkyl carbamates (subject to hydrolysis) is 1. The molecule has 21 heavy (non-hydrogen) atoms. The fourth-order valence-electron chi connectivity index (χ4n) is 2.28. The molecule has 1 aliphatic heterocycles. The summed E-state index contributed by atoms with van der Waals surface area (Å²) in [5.41, 5.74) is 5.06. The van der Waals surface area contributed by atoms with Crippen LogP contribution in [0.4, 0.5) is 16.4 Å². The number of nitrogens with two attached hydrogens (primary N) is 1. The van der Waals surface area contributed by atoms with Crippen LogP contribution in [-0.4, -0.2) is 41.0 Å². The summed E-state index contributed by atoms with van der Waals surface area (Å²) < 4.78 is 5.28. The minimum absolute atomic E-state index is 0.0490. The van der Waals surface area contributed by atoms with Gasteiger partial charge in [-0.05, 0) is 45.7 Å². The maximum absolute atomic E-state index is 11.8. The van der Waals surface area contributed by atoms with Crippen LogP contribution in [0.25, 0.3) is 0 Å². The fourth-order valence-corrected chi connectivity index (χ4v) is 2.28. The van der Waals surface area contributed by atoms with Crippen molar-refractivity contribution < 1.29 is 9.53 Å². The largest absolute Gasteiger partial charge is 0.444 e. The van der Waals surface area contributed by atoms with E-state index in [1.54, 1.807) is 6.07 Å². The molecule has 0 saturated carbocycles. The minimum atomic E-state index is -0.485. The van der Waals surface area contributed by atoms with Crippen molar-refractivity contribution in [3.63, 3.8) is 0 Å². The zero-order valence-corrected chi connectivity index (χ0v) is 12.8. The summed E-state index contributed by atoms with van der Waals surface area (Å²) in [6, 6.07) is 3.62. The highest BCUT2D eigenvalue weighted by Gasteiger charge is 2.24. The van der Waals surface area contributed by atoms with Gasteiger partial charge in [0.25, 0.3) is 0 Å². The van der Waals surface area contributed by atoms with Crippen LogP contribution >= 0.6 is 0 Å². The first-order valence-corrected chi connectivity index (χ1v) is 7.17. The standard InChI is InChI=1S/C14H23N5O2/c1-14(2,3)21-13(20)16-10-5-4-8-19(9-10)12-7-6-11(15)17-18-12/h6-7,10H,4-5,8-9H2,1-3H3,(H2,15,17)(H,16,20)/t10-/m1/s1. The second-order valence-corrected chi connectivity index (χ2v) is 6.25. The van der Waals surface area contributed by atoms with E-state index in [1.165, 1.54) is 0 Å². The molecule has 7 heteroatoms. The lowest BCUT2D eigenvalue weighted by Crippen LogP contribution is -2.49. The number of amides is 1. The third-order valence-electron chi connectivity index (χ3n) is 3.14. The fraction of sp³-hybridized carbons (Fsp3) is 0.643. The van der Waals surface area contributed by atoms with E-state index in [-0.39, 0.29) is 12.1 Å². The third kappa shape index (κ3) is 4.77. The van der Waals surface area contributed by atoms with Crippen LogP contribution in [0, 0.1) is 0 Å². The van der Waals surface area contributed by atoms with Gasteiger partial charge in [-0.1, -0.05) is 0 Å². The number of anilines is 2. The number of rotatable bonds is 2. The zero-order chi connectivity index (χ0) is 15.5. The summed E-state index contributed by atoms with van der Waals surface area (Å²) in [5, 5.41) is 10.9. The minimum Gasteiger partial charge on any atom is -0.444 e. The van der Waals surface area contributed by atoms with E-state index < -0.39 is 5.60 Å². The van der Waals surface area contributed by atoms with Gasteiger partial charge in [-0.15, -0.1) is 10.2 Å². The number of piperidine rings is 1. The summed E-state index contributed by atoms with van der Waals surface area (Å²) in [5.74, 6) is 1.18. The van der Waals surface area contributed by atoms with Crippen molar-refractivity contribution in [3.05, 3.63) is 12.1 Å². The molecule has 2 heterocycles. The Morgan fingerprint density at radius 3 is 2.81 bits per heavy atom. The van der Waals surface area contributed by atoms with Gasteiger partial charge in [-0.3, -0.25) is 0 Å². The van der Waals surface area contributed by atoms with Gasteiger partial charge in [0.2, 0.25) is 0 Å². The first kappa shape index (κ1) is 15.3. The molecule has 1 amide bonds. The maximum atomic E-state index is 11.8. The highest BCUT2D eigenvalue weighted by atomic mass is 16.6. The molecule has 1 aromatic heterocycles. The molecule has 116 valence electrons. The maximum Gasteiger partial charge on any atom is 0.407 e. The molecule has 0 bridgehead atoms. The topological polar surface area (TPSA) is 93.4 Å². The highest BCUT2D eigenvalue weighted by molar-refractivity contribution is 5.68. The SMILES string of the molecule is CC(C)(C)OC(=O)N[C@@H]1CCCN(c2ccc(N)nn2)C1. The van der Waals surface area contributed by atoms with Crippen LogP contribution in [0.3, 0.4) is 0 Å². The Balaban J connectivity index is 1.91. The normalized spacial score (nSPS) is 19.2. The van der Waals surface area contributed by atoms with E-state index in [0.717, 1.165) is 25.2 Å². The number of carbonyl (C=O) groups excluding carboxylic acids is 1. The van der Waals surface area contributed by atoms with Crippen LogP contribution in [0.1, 0.15) is 33.6 Å². The van der Waals surface area contributed by atoms with E-state index in [0.29, 0.717) is 12.4 Å². The van der Waals surface area contributed by atoms with E-state index >= 15 is 0 Å². The molecule has 0 aromatic carbocycles. The number of hydrogen-bond donors (Lipinski definition) is 2. The van der Waals surface area contributed by atoms with Gasteiger partial charge in [-0.25, -0.2) is 4.79 Å². The molecule has 1 fully saturated rings. The molecule has 2 rings (SSSR count). The van der Waals surface area contributed by atoms with Crippen molar-refractivity contribution in [1.82, 2.24) is 15.5 Å². The smallest absolute Gasteiger partial charge is 0.407 e. The van der Waals surface area contributed by atoms with E-state index in [4.69, 9.17) is 10.5 Å². The van der Waals surface area contributed by atoms with E-state index in [1.807, 2.05) is 26.8 Å². The second-order valence-electron chi connectivity index (χ2n) is 6.25. The van der Waals surface area contributed by atoms with Crippen LogP contribution in [0.15, 0.2) is 12.1 Å². The summed E-state index contributed by atoms with van der Waals surface area (Å²) in [6.45, 7) is 7.14. The van der Waals surface area contributed by atoms with Gasteiger partial charge in [-0.2, -0.15) is 0 Å². The molecule has 0 unspecified atom stereocenters. The lowest BCUT2D eigenvalue weighted by atomic mass is 10.1. The molecule has 1 atom stereocenters. The Hall–Kier alpha value is -2.05. The van der Waals surface area contributed by atoms with Gasteiger partial charge in [0.05, 0.1) is 0 Å². The molecular formula is C14H23N5O2. The molecule has 1 aliphatic rings. The molecule has 1 saturated heterocycles. The van der Waals surface area contributed by atoms with Crippen molar-refractivity contribution in [2.45, 2.75) is 45.3 Å². The monoisotopic (exact) mass is 293 g/mol. The Kier molecular flexibility index (Phi) is 4.50. The van der Waals surface area contributed by atoms with Gasteiger partial charge >= 0.3 is 6.09 Å². The van der Waals surface area contributed by atoms with Gasteiger partial charge < -0.3 is 20.7 Å². The third-order valence-corrected chi connectivity index (χ3v) is 3.14. The van der Waals surface area contributed by atoms with Crippen LogP contribution in [0.5, 0.6) is 0 Å². The van der Waals surface area contributed by atoms with Crippen molar-refractivity contribution >= 4 is 17.7 Å². The average molecular weight is 293 g/mol. The number of hydrogen-bond acceptors (Lipinski definition) is 6. The highest BCUT2D eigenvalue weighted by Crippen LogP contribution is 2.18. The number of nitrogens with one attached hydrogen (secondary N) is 1. The molecule has 1 aromatic rings. The number of nitrogen functional groups attached to an aromatic ring is 1. The number of carbonyl (C=O) groups is 1. The number of nitrogens with zero attached hydrogens (tertiary/aromatic N) is 3. The molecule has 0 radical (unpaired) electrons. The summed E-state index contributed by atoms with van der Waals surface area (Å²) >= 11 is 0. The first-order chi connectivity index (χ1) is 9.83. The van der Waals surface area contributed by atoms with Crippen molar-refractivity contribution in [3.8, 4) is 0 Å². The van der Waals surface area contributed by atoms with Crippen LogP contribution in [-0.2, 0) is 4.74 Å². The van der Waals surface area contributed by atoms with E-state index in [2.05, 4.69) is 20.4 Å². The molecule has 3 N–H and O–H groups in total. The average Bonchev–Trinajstić information content (AvgIpc) is 2.37. The molecular weight excluding hydrogens is 270 g/mol. The molecule has 7 nitrogen and oxygen atoms in total. The van der Waals surface area contributed by atoms with Crippen LogP contribution in [0.2, 0.25) is 0 Å². The Labute approximate surface area is 124 Å². The molecule has 0 spiro atoms. The lowest BCUT2D eigenvalue weighted by molar-refractivity contribution is 0.0500. The van der Waals surface area contributed by atoms with Gasteiger partial charge in [0.15, 0.2) is 5.82 Å². The Bertz CT molecular complexity index is 483. The quantitative estimate of drug-likeness (QED) is 0.859. The second kappa shape index (κ2) is 6.15. The summed E-state index contributed by atoms with van der Waals surface area (Å²) in [6.07, 6.45) is 1.53. The first-order valence-electron chi connectivity index (χ1n) is 7.17. The van der Waals surface area contributed by atoms with Gasteiger partial charge in [0.1, 0.15) is 11.4 Å². The van der Waals surface area contributed by atoms with Crippen molar-refractivity contribution in [2.75, 3.05) is 23.7 Å². The zero-order valence-electron chi connectivity index (χ0n) is 12.8. The Morgan fingerprint density at radius 2 is 2.19 bits per heavy atom. The number of aromatic nitrogens is 2. The van der Waals surface area contributed by atoms with Gasteiger partial charge in [0, 0.05) is 19.1 Å². The molecule has 0 aliphatic carbocycles. The predicted octanol–water partition coefficient (Wildman–Crippen LogP) is 1.55. The van der Waals surface area contributed by atoms with Crippen molar-refractivity contribution in [2.24, 2.45) is 0 Å². The van der Waals surface area contributed by atoms with Crippen LogP contribution < -0.4 is 16.0 Å². The lowest BCUT2D eigenvalue weighted by Gasteiger charge is -2.34. The predicted molar refractivity (Wildman–Crippen MR) is 81.0 cm³/mol. The van der Waals surface area contributed by atoms with E-state index in [9.17, 15) is 4.79 Å². The Morgan fingerprint density at radius 1 is 1.43 bits per heavy atom.